The Morgan fingerprint density at radius 2 is 2.00 bits per heavy atom. The van der Waals surface area contributed by atoms with E-state index in [0.29, 0.717) is 36.7 Å². The molecule has 26 heavy (non-hydrogen) atoms. The highest BCUT2D eigenvalue weighted by atomic mass is 32.1. The van der Waals surface area contributed by atoms with Gasteiger partial charge in [0.05, 0.1) is 11.1 Å². The molecular formula is C16H19N5O4S. The predicted octanol–water partition coefficient (Wildman–Crippen LogP) is 0.690. The molecule has 1 saturated heterocycles. The lowest BCUT2D eigenvalue weighted by Gasteiger charge is -2.23. The third-order valence-corrected chi connectivity index (χ3v) is 4.37. The van der Waals surface area contributed by atoms with Gasteiger partial charge in [0.1, 0.15) is 11.5 Å². The van der Waals surface area contributed by atoms with Crippen molar-refractivity contribution in [2.75, 3.05) is 31.1 Å². The summed E-state index contributed by atoms with van der Waals surface area (Å²) in [6, 6.07) is 3.37. The second-order valence-electron chi connectivity index (χ2n) is 5.35. The number of aromatic nitrogens is 2. The van der Waals surface area contributed by atoms with E-state index in [1.54, 1.807) is 34.1 Å². The smallest absolute Gasteiger partial charge is 0.290 e. The molecule has 3 heterocycles. The number of hydrogen-bond donors (Lipinski definition) is 2. The highest BCUT2D eigenvalue weighted by Gasteiger charge is 2.23. The molecule has 0 radical (unpaired) electrons. The van der Waals surface area contributed by atoms with E-state index in [4.69, 9.17) is 15.6 Å². The van der Waals surface area contributed by atoms with Gasteiger partial charge in [-0.3, -0.25) is 14.4 Å². The summed E-state index contributed by atoms with van der Waals surface area (Å²) in [4.78, 5) is 44.5. The lowest BCUT2D eigenvalue weighted by Crippen LogP contribution is -2.36. The van der Waals surface area contributed by atoms with E-state index in [9.17, 15) is 9.59 Å². The number of rotatable bonds is 3. The number of primary amides is 1. The van der Waals surface area contributed by atoms with Gasteiger partial charge in [0.25, 0.3) is 18.3 Å². The average molecular weight is 377 g/mol. The van der Waals surface area contributed by atoms with Crippen molar-refractivity contribution >= 4 is 35.4 Å². The number of carbonyl (C=O) groups excluding carboxylic acids is 2. The van der Waals surface area contributed by atoms with Crippen molar-refractivity contribution in [2.45, 2.75) is 6.42 Å². The summed E-state index contributed by atoms with van der Waals surface area (Å²) in [5.41, 5.74) is 7.97. The topological polar surface area (TPSA) is 130 Å². The van der Waals surface area contributed by atoms with Gasteiger partial charge in [0, 0.05) is 37.8 Å². The van der Waals surface area contributed by atoms with Crippen molar-refractivity contribution < 1.29 is 19.5 Å². The molecule has 2 amide bonds. The highest BCUT2D eigenvalue weighted by molar-refractivity contribution is 7.07. The molecule has 1 aliphatic rings. The van der Waals surface area contributed by atoms with Crippen LogP contribution in [0.3, 0.4) is 0 Å². The number of amides is 2. The predicted molar refractivity (Wildman–Crippen MR) is 96.3 cm³/mol. The Hall–Kier alpha value is -3.01. The summed E-state index contributed by atoms with van der Waals surface area (Å²) in [6.45, 7) is 2.29. The molecule has 3 N–H and O–H groups in total. The van der Waals surface area contributed by atoms with Gasteiger partial charge in [-0.1, -0.05) is 0 Å². The van der Waals surface area contributed by atoms with Crippen molar-refractivity contribution in [3.05, 3.63) is 40.5 Å². The molecule has 0 unspecified atom stereocenters. The van der Waals surface area contributed by atoms with Crippen LogP contribution < -0.4 is 10.6 Å². The standard InChI is InChI=1S/C15H17N5O2S.CH2O2/c16-13(21)11-3-1-4-17-14(11)19-5-2-6-20(8-7-19)15(22)12-9-23-10-18-12;2-1-3/h1,3-4,9-10H,2,5-8H2,(H2,16,21);1H,(H,2,3). The largest absolute Gasteiger partial charge is 0.483 e. The Balaban J connectivity index is 0.000000758. The summed E-state index contributed by atoms with van der Waals surface area (Å²) in [5, 5.41) is 8.65. The molecule has 0 spiro atoms. The minimum absolute atomic E-state index is 0.0516. The van der Waals surface area contributed by atoms with Gasteiger partial charge >= 0.3 is 0 Å². The number of thiazole rings is 1. The van der Waals surface area contributed by atoms with Gasteiger partial charge in [-0.2, -0.15) is 0 Å². The van der Waals surface area contributed by atoms with Crippen LogP contribution in [0.15, 0.2) is 29.2 Å². The number of pyridine rings is 1. The Labute approximate surface area is 154 Å². The van der Waals surface area contributed by atoms with E-state index < -0.39 is 5.91 Å². The lowest BCUT2D eigenvalue weighted by molar-refractivity contribution is -0.122. The Morgan fingerprint density at radius 3 is 2.65 bits per heavy atom. The summed E-state index contributed by atoms with van der Waals surface area (Å²) in [7, 11) is 0. The zero-order valence-corrected chi connectivity index (χ0v) is 14.8. The SMILES string of the molecule is NC(=O)c1cccnc1N1CCCN(C(=O)c2cscn2)CC1.O=CO. The number of carboxylic acid groups (broad SMARTS) is 1. The molecule has 0 aliphatic carbocycles. The lowest BCUT2D eigenvalue weighted by atomic mass is 10.2. The number of nitrogens with two attached hydrogens (primary N) is 1. The van der Waals surface area contributed by atoms with Crippen molar-refractivity contribution in [3.63, 3.8) is 0 Å². The van der Waals surface area contributed by atoms with Gasteiger partial charge in [-0.25, -0.2) is 9.97 Å². The molecule has 0 atom stereocenters. The van der Waals surface area contributed by atoms with Crippen molar-refractivity contribution in [1.29, 1.82) is 0 Å². The fourth-order valence-corrected chi connectivity index (χ4v) is 3.18. The first-order valence-corrected chi connectivity index (χ1v) is 8.77. The molecular weight excluding hydrogens is 358 g/mol. The van der Waals surface area contributed by atoms with E-state index in [-0.39, 0.29) is 12.4 Å². The molecule has 3 rings (SSSR count). The Kier molecular flexibility index (Phi) is 7.03. The second-order valence-corrected chi connectivity index (χ2v) is 6.07. The van der Waals surface area contributed by atoms with E-state index in [1.165, 1.54) is 11.3 Å². The highest BCUT2D eigenvalue weighted by Crippen LogP contribution is 2.19. The van der Waals surface area contributed by atoms with Crippen LogP contribution in [0, 0.1) is 0 Å². The monoisotopic (exact) mass is 377 g/mol. The maximum Gasteiger partial charge on any atom is 0.290 e. The van der Waals surface area contributed by atoms with Crippen LogP contribution in [0.4, 0.5) is 5.82 Å². The minimum Gasteiger partial charge on any atom is -0.483 e. The molecule has 0 bridgehead atoms. The van der Waals surface area contributed by atoms with Crippen LogP contribution in [0.2, 0.25) is 0 Å². The summed E-state index contributed by atoms with van der Waals surface area (Å²) in [6.07, 6.45) is 2.44. The number of hydrogen-bond acceptors (Lipinski definition) is 7. The van der Waals surface area contributed by atoms with Gasteiger partial charge in [0.2, 0.25) is 0 Å². The summed E-state index contributed by atoms with van der Waals surface area (Å²) >= 11 is 1.41. The Morgan fingerprint density at radius 1 is 1.23 bits per heavy atom. The summed E-state index contributed by atoms with van der Waals surface area (Å²) < 4.78 is 0. The molecule has 2 aromatic heterocycles. The Bertz CT molecular complexity index is 753. The average Bonchev–Trinajstić information content (AvgIpc) is 3.06. The van der Waals surface area contributed by atoms with Crippen LogP contribution in [0.5, 0.6) is 0 Å². The quantitative estimate of drug-likeness (QED) is 0.753. The van der Waals surface area contributed by atoms with E-state index in [2.05, 4.69) is 9.97 Å². The first kappa shape index (κ1) is 19.3. The number of carbonyl (C=O) groups is 3. The van der Waals surface area contributed by atoms with Gasteiger partial charge < -0.3 is 20.6 Å². The van der Waals surface area contributed by atoms with Crippen molar-refractivity contribution in [2.24, 2.45) is 5.73 Å². The van der Waals surface area contributed by atoms with Crippen LogP contribution in [-0.4, -0.2) is 64.4 Å². The number of anilines is 1. The van der Waals surface area contributed by atoms with Crippen molar-refractivity contribution in [1.82, 2.24) is 14.9 Å². The normalized spacial score (nSPS) is 14.0. The van der Waals surface area contributed by atoms with Gasteiger partial charge in [-0.15, -0.1) is 11.3 Å². The maximum absolute atomic E-state index is 12.4. The fourth-order valence-electron chi connectivity index (χ4n) is 2.65. The molecule has 1 fully saturated rings. The van der Waals surface area contributed by atoms with Crippen LogP contribution in [-0.2, 0) is 4.79 Å². The van der Waals surface area contributed by atoms with Gasteiger partial charge in [0.15, 0.2) is 0 Å². The molecule has 138 valence electrons. The zero-order valence-electron chi connectivity index (χ0n) is 13.9. The van der Waals surface area contributed by atoms with E-state index in [0.717, 1.165) is 13.0 Å². The zero-order chi connectivity index (χ0) is 18.9. The van der Waals surface area contributed by atoms with Crippen LogP contribution in [0.25, 0.3) is 0 Å². The van der Waals surface area contributed by atoms with E-state index in [1.807, 2.05) is 4.90 Å². The molecule has 0 saturated carbocycles. The maximum atomic E-state index is 12.4. The summed E-state index contributed by atoms with van der Waals surface area (Å²) in [5.74, 6) is 0.0416. The first-order valence-electron chi connectivity index (χ1n) is 7.83. The molecule has 9 nitrogen and oxygen atoms in total. The second kappa shape index (κ2) is 9.47. The third-order valence-electron chi connectivity index (χ3n) is 3.79. The van der Waals surface area contributed by atoms with Gasteiger partial charge in [-0.05, 0) is 18.6 Å². The molecule has 1 aliphatic heterocycles. The van der Waals surface area contributed by atoms with E-state index >= 15 is 0 Å². The molecule has 10 heteroatoms. The minimum atomic E-state index is -0.493. The molecule has 2 aromatic rings. The number of nitrogens with zero attached hydrogens (tertiary/aromatic N) is 4. The van der Waals surface area contributed by atoms with Crippen LogP contribution >= 0.6 is 11.3 Å². The third kappa shape index (κ3) is 4.76. The van der Waals surface area contributed by atoms with Crippen molar-refractivity contribution in [3.8, 4) is 0 Å². The molecule has 0 aromatic carbocycles. The fraction of sp³-hybridized carbons (Fsp3) is 0.312. The van der Waals surface area contributed by atoms with Crippen LogP contribution in [0.1, 0.15) is 27.3 Å². The first-order chi connectivity index (χ1) is 12.6.